The minimum absolute atomic E-state index is 0.0143. The van der Waals surface area contributed by atoms with E-state index >= 15 is 0 Å². The predicted octanol–water partition coefficient (Wildman–Crippen LogP) is 2.97. The van der Waals surface area contributed by atoms with E-state index < -0.39 is 0 Å². The Kier molecular flexibility index (Phi) is 5.47. The number of carbonyl (C=O) groups is 2. The van der Waals surface area contributed by atoms with Crippen LogP contribution in [0.4, 0.5) is 5.69 Å². The summed E-state index contributed by atoms with van der Waals surface area (Å²) in [6.07, 6.45) is 0.916. The quantitative estimate of drug-likeness (QED) is 0.850. The molecule has 7 heteroatoms. The van der Waals surface area contributed by atoms with Crippen molar-refractivity contribution in [2.24, 2.45) is 5.92 Å². The van der Waals surface area contributed by atoms with E-state index in [-0.39, 0.29) is 17.7 Å². The lowest BCUT2D eigenvalue weighted by atomic mass is 9.98. The molecule has 1 aliphatic heterocycles. The molecule has 1 heterocycles. The molecule has 2 amide bonds. The molecule has 1 atom stereocenters. The topological polar surface area (TPSA) is 67.4 Å². The molecule has 0 spiro atoms. The number of benzene rings is 1. The molecule has 2 N–H and O–H groups in total. The van der Waals surface area contributed by atoms with E-state index in [2.05, 4.69) is 26.6 Å². The average molecular weight is 376 g/mol. The van der Waals surface area contributed by atoms with Crippen LogP contribution in [0.1, 0.15) is 19.8 Å². The van der Waals surface area contributed by atoms with Crippen molar-refractivity contribution in [2.45, 2.75) is 19.8 Å². The third-order valence-corrected chi connectivity index (χ3v) is 4.00. The second-order valence-corrected chi connectivity index (χ2v) is 6.02. The summed E-state index contributed by atoms with van der Waals surface area (Å²) >= 11 is 9.39. The number of carbonyl (C=O) groups excluding carboxylic acids is 2. The van der Waals surface area contributed by atoms with Gasteiger partial charge in [-0.25, -0.2) is 0 Å². The van der Waals surface area contributed by atoms with Crippen LogP contribution in [0.5, 0.6) is 5.75 Å². The minimum atomic E-state index is -0.241. The van der Waals surface area contributed by atoms with Crippen LogP contribution in [0.15, 0.2) is 16.6 Å². The second kappa shape index (κ2) is 7.13. The number of nitrogens with one attached hydrogen (secondary N) is 2. The van der Waals surface area contributed by atoms with Crippen molar-refractivity contribution in [2.75, 3.05) is 18.5 Å². The van der Waals surface area contributed by atoms with Crippen molar-refractivity contribution in [3.05, 3.63) is 21.6 Å². The average Bonchev–Trinajstić information content (AvgIpc) is 2.43. The van der Waals surface area contributed by atoms with E-state index in [0.717, 1.165) is 0 Å². The second-order valence-electron chi connectivity index (χ2n) is 4.73. The first-order chi connectivity index (χ1) is 10.0. The van der Waals surface area contributed by atoms with E-state index in [1.165, 1.54) is 0 Å². The lowest BCUT2D eigenvalue weighted by molar-refractivity contribution is -0.126. The Bertz CT molecular complexity index is 555. The summed E-state index contributed by atoms with van der Waals surface area (Å²) in [5, 5.41) is 6.02. The van der Waals surface area contributed by atoms with Crippen molar-refractivity contribution in [3.8, 4) is 5.75 Å². The van der Waals surface area contributed by atoms with Gasteiger partial charge in [0.05, 0.1) is 22.7 Å². The molecule has 0 aliphatic carbocycles. The van der Waals surface area contributed by atoms with E-state index in [9.17, 15) is 9.59 Å². The predicted molar refractivity (Wildman–Crippen MR) is 84.7 cm³/mol. The number of hydrogen-bond donors (Lipinski definition) is 2. The summed E-state index contributed by atoms with van der Waals surface area (Å²) < 4.78 is 6.22. The molecular formula is C14H16BrClN2O3. The van der Waals surface area contributed by atoms with Gasteiger partial charge in [0.15, 0.2) is 5.75 Å². The Morgan fingerprint density at radius 3 is 2.95 bits per heavy atom. The van der Waals surface area contributed by atoms with Crippen molar-refractivity contribution >= 4 is 45.0 Å². The van der Waals surface area contributed by atoms with Gasteiger partial charge in [-0.3, -0.25) is 9.59 Å². The Labute approximate surface area is 136 Å². The molecule has 1 unspecified atom stereocenters. The highest BCUT2D eigenvalue weighted by atomic mass is 79.9. The zero-order valence-corrected chi connectivity index (χ0v) is 13.9. The van der Waals surface area contributed by atoms with E-state index in [4.69, 9.17) is 16.3 Å². The monoisotopic (exact) mass is 374 g/mol. The maximum Gasteiger partial charge on any atom is 0.229 e. The number of halogens is 2. The van der Waals surface area contributed by atoms with Gasteiger partial charge in [-0.05, 0) is 41.4 Å². The van der Waals surface area contributed by atoms with Gasteiger partial charge in [-0.2, -0.15) is 0 Å². The van der Waals surface area contributed by atoms with Crippen LogP contribution in [0.3, 0.4) is 0 Å². The van der Waals surface area contributed by atoms with Crippen molar-refractivity contribution < 1.29 is 14.3 Å². The first-order valence-corrected chi connectivity index (χ1v) is 7.87. The number of piperidine rings is 1. The highest BCUT2D eigenvalue weighted by Crippen LogP contribution is 2.37. The fraction of sp³-hybridized carbons (Fsp3) is 0.429. The zero-order chi connectivity index (χ0) is 15.4. The molecule has 2 rings (SSSR count). The molecule has 0 saturated carbocycles. The van der Waals surface area contributed by atoms with Gasteiger partial charge in [-0.1, -0.05) is 11.6 Å². The van der Waals surface area contributed by atoms with Crippen LogP contribution in [-0.4, -0.2) is 25.0 Å². The molecule has 1 aromatic carbocycles. The molecule has 0 aromatic heterocycles. The van der Waals surface area contributed by atoms with Crippen LogP contribution in [0.2, 0.25) is 5.02 Å². The van der Waals surface area contributed by atoms with Crippen LogP contribution in [0, 0.1) is 5.92 Å². The number of hydrogen-bond acceptors (Lipinski definition) is 3. The maximum absolute atomic E-state index is 12.3. The van der Waals surface area contributed by atoms with E-state index in [1.54, 1.807) is 12.1 Å². The Hall–Kier alpha value is -1.27. The summed E-state index contributed by atoms with van der Waals surface area (Å²) in [7, 11) is 0. The Morgan fingerprint density at radius 1 is 1.57 bits per heavy atom. The third-order valence-electron chi connectivity index (χ3n) is 3.19. The summed E-state index contributed by atoms with van der Waals surface area (Å²) in [6.45, 7) is 2.70. The fourth-order valence-electron chi connectivity index (χ4n) is 2.14. The fourth-order valence-corrected chi connectivity index (χ4v) is 3.06. The molecule has 0 radical (unpaired) electrons. The number of amides is 2. The van der Waals surface area contributed by atoms with Crippen molar-refractivity contribution in [1.29, 1.82) is 0 Å². The summed E-state index contributed by atoms with van der Waals surface area (Å²) in [5.41, 5.74) is 0.526. The maximum atomic E-state index is 12.3. The van der Waals surface area contributed by atoms with Gasteiger partial charge in [0.2, 0.25) is 11.8 Å². The van der Waals surface area contributed by atoms with E-state index in [1.807, 2.05) is 6.92 Å². The number of ether oxygens (including phenoxy) is 1. The normalized spacial score (nSPS) is 18.0. The summed E-state index contributed by atoms with van der Waals surface area (Å²) in [5.74, 6) is 0.148. The lowest BCUT2D eigenvalue weighted by Crippen LogP contribution is -2.40. The van der Waals surface area contributed by atoms with Crippen molar-refractivity contribution in [3.63, 3.8) is 0 Å². The number of rotatable bonds is 4. The lowest BCUT2D eigenvalue weighted by Gasteiger charge is -2.22. The summed E-state index contributed by atoms with van der Waals surface area (Å²) in [6, 6.07) is 3.36. The van der Waals surface area contributed by atoms with Gasteiger partial charge >= 0.3 is 0 Å². The standard InChI is InChI=1S/C14H16BrClN2O3/c1-2-21-13-10(15)5-9(16)6-11(13)18-14(20)8-3-4-12(19)17-7-8/h5-6,8H,2-4,7H2,1H3,(H,17,19)(H,18,20). The molecule has 1 aliphatic rings. The first kappa shape index (κ1) is 16.1. The molecule has 21 heavy (non-hydrogen) atoms. The molecule has 5 nitrogen and oxygen atoms in total. The van der Waals surface area contributed by atoms with Crippen molar-refractivity contribution in [1.82, 2.24) is 5.32 Å². The van der Waals surface area contributed by atoms with Gasteiger partial charge < -0.3 is 15.4 Å². The minimum Gasteiger partial charge on any atom is -0.491 e. The highest BCUT2D eigenvalue weighted by molar-refractivity contribution is 9.10. The molecule has 0 bridgehead atoms. The van der Waals surface area contributed by atoms with Crippen LogP contribution >= 0.6 is 27.5 Å². The molecular weight excluding hydrogens is 360 g/mol. The highest BCUT2D eigenvalue weighted by Gasteiger charge is 2.25. The zero-order valence-electron chi connectivity index (χ0n) is 11.5. The number of anilines is 1. The Morgan fingerprint density at radius 2 is 2.33 bits per heavy atom. The van der Waals surface area contributed by atoms with Gasteiger partial charge in [0, 0.05) is 18.0 Å². The first-order valence-electron chi connectivity index (χ1n) is 6.70. The Balaban J connectivity index is 2.14. The summed E-state index contributed by atoms with van der Waals surface area (Å²) in [4.78, 5) is 23.4. The molecule has 114 valence electrons. The SMILES string of the molecule is CCOc1c(Br)cc(Cl)cc1NC(=O)C1CCC(=O)NC1. The van der Waals surface area contributed by atoms with Crippen LogP contribution in [0.25, 0.3) is 0 Å². The van der Waals surface area contributed by atoms with Crippen LogP contribution < -0.4 is 15.4 Å². The van der Waals surface area contributed by atoms with E-state index in [0.29, 0.717) is 46.9 Å². The largest absolute Gasteiger partial charge is 0.491 e. The van der Waals surface area contributed by atoms with Gasteiger partial charge in [0.1, 0.15) is 0 Å². The van der Waals surface area contributed by atoms with Gasteiger partial charge in [-0.15, -0.1) is 0 Å². The molecule has 1 aromatic rings. The smallest absolute Gasteiger partial charge is 0.229 e. The molecule has 1 fully saturated rings. The van der Waals surface area contributed by atoms with Gasteiger partial charge in [0.25, 0.3) is 0 Å². The third kappa shape index (κ3) is 4.11. The molecule has 1 saturated heterocycles. The van der Waals surface area contributed by atoms with Crippen LogP contribution in [-0.2, 0) is 9.59 Å².